The van der Waals surface area contributed by atoms with Gasteiger partial charge in [0.25, 0.3) is 0 Å². The first kappa shape index (κ1) is 19.8. The summed E-state index contributed by atoms with van der Waals surface area (Å²) in [5, 5.41) is 11.9. The average molecular weight is 395 g/mol. The van der Waals surface area contributed by atoms with Crippen LogP contribution in [0.25, 0.3) is 0 Å². The van der Waals surface area contributed by atoms with Crippen molar-refractivity contribution < 1.29 is 9.59 Å². The summed E-state index contributed by atoms with van der Waals surface area (Å²) in [6, 6.07) is 17.0. The standard InChI is InChI=1S/C21H22N4O2S/c1-3-20(27)22-17-11-9-16(10-12-17)18(26)14-28-21-24-23-19(25(21)2)13-15-7-5-4-6-8-15/h4-12H,3,13-14H2,1-2H3,(H,22,27). The van der Waals surface area contributed by atoms with Gasteiger partial charge in [0.15, 0.2) is 10.9 Å². The predicted octanol–water partition coefficient (Wildman–Crippen LogP) is 3.73. The van der Waals surface area contributed by atoms with E-state index < -0.39 is 0 Å². The first-order valence-corrected chi connectivity index (χ1v) is 10.0. The number of Topliss-reactive ketones (excluding diaryl/α,β-unsaturated/α-hetero) is 1. The van der Waals surface area contributed by atoms with Gasteiger partial charge in [0.05, 0.1) is 5.75 Å². The van der Waals surface area contributed by atoms with E-state index in [1.165, 1.54) is 17.3 Å². The van der Waals surface area contributed by atoms with E-state index in [1.54, 1.807) is 31.2 Å². The number of hydrogen-bond acceptors (Lipinski definition) is 5. The molecule has 0 spiro atoms. The summed E-state index contributed by atoms with van der Waals surface area (Å²) in [5.41, 5.74) is 2.46. The monoisotopic (exact) mass is 394 g/mol. The zero-order valence-corrected chi connectivity index (χ0v) is 16.7. The number of nitrogens with one attached hydrogen (secondary N) is 1. The van der Waals surface area contributed by atoms with Gasteiger partial charge in [0.1, 0.15) is 5.82 Å². The lowest BCUT2D eigenvalue weighted by Gasteiger charge is -2.06. The Labute approximate surface area is 168 Å². The fourth-order valence-electron chi connectivity index (χ4n) is 2.61. The van der Waals surface area contributed by atoms with Crippen LogP contribution in [-0.4, -0.2) is 32.2 Å². The normalized spacial score (nSPS) is 10.6. The van der Waals surface area contributed by atoms with E-state index in [-0.39, 0.29) is 17.4 Å². The van der Waals surface area contributed by atoms with Crippen molar-refractivity contribution in [3.8, 4) is 0 Å². The largest absolute Gasteiger partial charge is 0.326 e. The zero-order chi connectivity index (χ0) is 19.9. The van der Waals surface area contributed by atoms with Crippen molar-refractivity contribution >= 4 is 29.1 Å². The molecule has 0 aliphatic carbocycles. The Morgan fingerprint density at radius 3 is 2.43 bits per heavy atom. The zero-order valence-electron chi connectivity index (χ0n) is 15.9. The summed E-state index contributed by atoms with van der Waals surface area (Å²) >= 11 is 1.37. The molecule has 0 atom stereocenters. The van der Waals surface area contributed by atoms with E-state index in [4.69, 9.17) is 0 Å². The SMILES string of the molecule is CCC(=O)Nc1ccc(C(=O)CSc2nnc(Cc3ccccc3)n2C)cc1. The molecule has 0 unspecified atom stereocenters. The van der Waals surface area contributed by atoms with Crippen LogP contribution in [0.5, 0.6) is 0 Å². The van der Waals surface area contributed by atoms with E-state index in [0.717, 1.165) is 5.82 Å². The van der Waals surface area contributed by atoms with E-state index in [0.29, 0.717) is 29.2 Å². The molecular formula is C21H22N4O2S. The third-order valence-electron chi connectivity index (χ3n) is 4.27. The lowest BCUT2D eigenvalue weighted by atomic mass is 10.1. The number of carbonyl (C=O) groups is 2. The van der Waals surface area contributed by atoms with Crippen molar-refractivity contribution in [2.24, 2.45) is 7.05 Å². The van der Waals surface area contributed by atoms with Crippen LogP contribution in [0.2, 0.25) is 0 Å². The topological polar surface area (TPSA) is 76.9 Å². The molecule has 3 rings (SSSR count). The number of anilines is 1. The smallest absolute Gasteiger partial charge is 0.224 e. The molecule has 0 aliphatic heterocycles. The molecule has 0 saturated heterocycles. The third kappa shape index (κ3) is 5.07. The van der Waals surface area contributed by atoms with Crippen molar-refractivity contribution in [1.29, 1.82) is 0 Å². The molecule has 7 heteroatoms. The van der Waals surface area contributed by atoms with Crippen molar-refractivity contribution in [1.82, 2.24) is 14.8 Å². The summed E-state index contributed by atoms with van der Waals surface area (Å²) < 4.78 is 1.92. The number of ketones is 1. The van der Waals surface area contributed by atoms with E-state index >= 15 is 0 Å². The molecule has 144 valence electrons. The number of rotatable bonds is 8. The minimum atomic E-state index is -0.0526. The van der Waals surface area contributed by atoms with Gasteiger partial charge >= 0.3 is 0 Å². The lowest BCUT2D eigenvalue weighted by molar-refractivity contribution is -0.115. The maximum Gasteiger partial charge on any atom is 0.224 e. The molecule has 1 aromatic heterocycles. The van der Waals surface area contributed by atoms with E-state index in [9.17, 15) is 9.59 Å². The molecule has 28 heavy (non-hydrogen) atoms. The summed E-state index contributed by atoms with van der Waals surface area (Å²) in [4.78, 5) is 23.9. The van der Waals surface area contributed by atoms with Crippen LogP contribution in [0.15, 0.2) is 59.8 Å². The van der Waals surface area contributed by atoms with Gasteiger partial charge in [-0.1, -0.05) is 49.0 Å². The molecule has 0 fully saturated rings. The molecule has 0 aliphatic rings. The molecule has 3 aromatic rings. The van der Waals surface area contributed by atoms with Gasteiger partial charge in [0, 0.05) is 31.1 Å². The van der Waals surface area contributed by atoms with Crippen LogP contribution in [0.3, 0.4) is 0 Å². The maximum absolute atomic E-state index is 12.5. The van der Waals surface area contributed by atoms with Crippen molar-refractivity contribution in [3.63, 3.8) is 0 Å². The molecular weight excluding hydrogens is 372 g/mol. The Morgan fingerprint density at radius 1 is 1.04 bits per heavy atom. The van der Waals surface area contributed by atoms with Crippen LogP contribution >= 0.6 is 11.8 Å². The third-order valence-corrected chi connectivity index (χ3v) is 5.29. The number of thioether (sulfide) groups is 1. The average Bonchev–Trinajstić information content (AvgIpc) is 3.07. The quantitative estimate of drug-likeness (QED) is 0.465. The van der Waals surface area contributed by atoms with Gasteiger partial charge in [-0.2, -0.15) is 0 Å². The lowest BCUT2D eigenvalue weighted by Crippen LogP contribution is -2.10. The molecule has 6 nitrogen and oxygen atoms in total. The number of amides is 1. The molecule has 1 amide bonds. The Kier molecular flexibility index (Phi) is 6.60. The Morgan fingerprint density at radius 2 is 1.75 bits per heavy atom. The second-order valence-electron chi connectivity index (χ2n) is 6.31. The van der Waals surface area contributed by atoms with Crippen LogP contribution in [0, 0.1) is 0 Å². The van der Waals surface area contributed by atoms with Crippen LogP contribution in [-0.2, 0) is 18.3 Å². The van der Waals surface area contributed by atoms with Crippen LogP contribution in [0.1, 0.15) is 35.1 Å². The van der Waals surface area contributed by atoms with Crippen LogP contribution < -0.4 is 5.32 Å². The summed E-state index contributed by atoms with van der Waals surface area (Å²) in [6.45, 7) is 1.79. The van der Waals surface area contributed by atoms with Gasteiger partial charge < -0.3 is 9.88 Å². The summed E-state index contributed by atoms with van der Waals surface area (Å²) in [5.74, 6) is 1.09. The van der Waals surface area contributed by atoms with Gasteiger partial charge in [-0.05, 0) is 29.8 Å². The van der Waals surface area contributed by atoms with Gasteiger partial charge in [-0.25, -0.2) is 0 Å². The van der Waals surface area contributed by atoms with Crippen LogP contribution in [0.4, 0.5) is 5.69 Å². The number of benzene rings is 2. The number of aromatic nitrogens is 3. The minimum absolute atomic E-state index is 0.00553. The Balaban J connectivity index is 1.58. The fraction of sp³-hybridized carbons (Fsp3) is 0.238. The van der Waals surface area contributed by atoms with Gasteiger partial charge in [-0.15, -0.1) is 10.2 Å². The molecule has 0 radical (unpaired) electrons. The van der Waals surface area contributed by atoms with E-state index in [1.807, 2.05) is 29.8 Å². The Hall–Kier alpha value is -2.93. The summed E-state index contributed by atoms with van der Waals surface area (Å²) in [6.07, 6.45) is 1.12. The highest BCUT2D eigenvalue weighted by Crippen LogP contribution is 2.19. The number of nitrogens with zero attached hydrogens (tertiary/aromatic N) is 3. The first-order chi connectivity index (χ1) is 13.6. The van der Waals surface area contributed by atoms with Crippen molar-refractivity contribution in [2.75, 3.05) is 11.1 Å². The van der Waals surface area contributed by atoms with Gasteiger partial charge in [0.2, 0.25) is 5.91 Å². The summed E-state index contributed by atoms with van der Waals surface area (Å²) in [7, 11) is 1.91. The molecule has 1 N–H and O–H groups in total. The molecule has 1 heterocycles. The van der Waals surface area contributed by atoms with Crippen molar-refractivity contribution in [3.05, 3.63) is 71.5 Å². The molecule has 0 saturated carbocycles. The predicted molar refractivity (Wildman–Crippen MR) is 111 cm³/mol. The maximum atomic E-state index is 12.5. The Bertz CT molecular complexity index is 952. The fourth-order valence-corrected chi connectivity index (χ4v) is 3.43. The molecule has 2 aromatic carbocycles. The number of hydrogen-bond donors (Lipinski definition) is 1. The van der Waals surface area contributed by atoms with Gasteiger partial charge in [-0.3, -0.25) is 9.59 Å². The highest BCUT2D eigenvalue weighted by molar-refractivity contribution is 7.99. The first-order valence-electron chi connectivity index (χ1n) is 9.05. The highest BCUT2D eigenvalue weighted by Gasteiger charge is 2.13. The van der Waals surface area contributed by atoms with E-state index in [2.05, 4.69) is 27.6 Å². The minimum Gasteiger partial charge on any atom is -0.326 e. The highest BCUT2D eigenvalue weighted by atomic mass is 32.2. The number of carbonyl (C=O) groups excluding carboxylic acids is 2. The second-order valence-corrected chi connectivity index (χ2v) is 7.25. The molecule has 0 bridgehead atoms. The van der Waals surface area contributed by atoms with Crippen molar-refractivity contribution in [2.45, 2.75) is 24.9 Å². The second kappa shape index (κ2) is 9.32.